The third-order valence-electron chi connectivity index (χ3n) is 3.06. The molecule has 0 aliphatic carbocycles. The van der Waals surface area contributed by atoms with Crippen molar-refractivity contribution in [2.75, 3.05) is 0 Å². The number of nitrogens with zero attached hydrogens (tertiary/aromatic N) is 3. The largest absolute Gasteiger partial charge is 0.457 e. The molecule has 1 heterocycles. The summed E-state index contributed by atoms with van der Waals surface area (Å²) in [5, 5.41) is 9.25. The molecule has 23 heavy (non-hydrogen) atoms. The van der Waals surface area contributed by atoms with Gasteiger partial charge in [-0.2, -0.15) is 5.26 Å². The molecule has 0 aliphatic heterocycles. The Kier molecular flexibility index (Phi) is 4.42. The van der Waals surface area contributed by atoms with Crippen LogP contribution in [0.25, 0.3) is 11.3 Å². The zero-order valence-electron chi connectivity index (χ0n) is 11.7. The number of aromatic nitrogens is 2. The highest BCUT2D eigenvalue weighted by Gasteiger charge is 2.14. The van der Waals surface area contributed by atoms with Crippen molar-refractivity contribution >= 4 is 23.2 Å². The van der Waals surface area contributed by atoms with E-state index >= 15 is 0 Å². The van der Waals surface area contributed by atoms with Gasteiger partial charge in [0.15, 0.2) is 5.15 Å². The van der Waals surface area contributed by atoms with Gasteiger partial charge in [-0.1, -0.05) is 29.8 Å². The van der Waals surface area contributed by atoms with Crippen LogP contribution in [0.1, 0.15) is 5.56 Å². The quantitative estimate of drug-likeness (QED) is 0.490. The third kappa shape index (κ3) is 3.42. The topological polar surface area (TPSA) is 58.8 Å². The van der Waals surface area contributed by atoms with E-state index in [1.807, 2.05) is 36.4 Å². The van der Waals surface area contributed by atoms with Gasteiger partial charge in [0.05, 0.1) is 5.69 Å². The zero-order chi connectivity index (χ0) is 16.2. The predicted octanol–water partition coefficient (Wildman–Crippen LogP) is 5.11. The van der Waals surface area contributed by atoms with Crippen LogP contribution in [0.4, 0.5) is 0 Å². The number of halogens is 2. The summed E-state index contributed by atoms with van der Waals surface area (Å²) in [7, 11) is 0. The Bertz CT molecular complexity index is 875. The number of nitriles is 1. The van der Waals surface area contributed by atoms with Crippen molar-refractivity contribution < 1.29 is 4.74 Å². The van der Waals surface area contributed by atoms with Gasteiger partial charge in [-0.05, 0) is 48.0 Å². The molecule has 3 rings (SSSR count). The molecule has 6 heteroatoms. The summed E-state index contributed by atoms with van der Waals surface area (Å²) < 4.78 is 5.72. The highest BCUT2D eigenvalue weighted by atomic mass is 35.5. The lowest BCUT2D eigenvalue weighted by Gasteiger charge is -2.08. The van der Waals surface area contributed by atoms with Crippen molar-refractivity contribution in [2.24, 2.45) is 0 Å². The van der Waals surface area contributed by atoms with Gasteiger partial charge in [-0.3, -0.25) is 0 Å². The first-order valence-corrected chi connectivity index (χ1v) is 7.39. The second-order valence-electron chi connectivity index (χ2n) is 4.56. The summed E-state index contributed by atoms with van der Waals surface area (Å²) in [6, 6.07) is 18.6. The highest BCUT2D eigenvalue weighted by Crippen LogP contribution is 2.29. The lowest BCUT2D eigenvalue weighted by Crippen LogP contribution is -1.95. The molecule has 112 valence electrons. The third-order valence-corrected chi connectivity index (χ3v) is 3.50. The normalized spacial score (nSPS) is 10.1. The summed E-state index contributed by atoms with van der Waals surface area (Å²) in [4.78, 5) is 7.87. The Labute approximate surface area is 142 Å². The molecule has 2 aromatic carbocycles. The summed E-state index contributed by atoms with van der Waals surface area (Å²) in [6.45, 7) is 0. The summed E-state index contributed by atoms with van der Waals surface area (Å²) in [5.41, 5.74) is 1.28. The smallest absolute Gasteiger partial charge is 0.224 e. The molecule has 0 aliphatic rings. The van der Waals surface area contributed by atoms with Crippen molar-refractivity contribution in [3.8, 4) is 28.8 Å². The minimum atomic E-state index is -0.00591. The van der Waals surface area contributed by atoms with Gasteiger partial charge < -0.3 is 4.74 Å². The molecule has 0 saturated heterocycles. The van der Waals surface area contributed by atoms with Gasteiger partial charge >= 0.3 is 0 Å². The maximum atomic E-state index is 9.22. The lowest BCUT2D eigenvalue weighted by molar-refractivity contribution is 0.483. The van der Waals surface area contributed by atoms with Crippen LogP contribution in [-0.4, -0.2) is 9.97 Å². The minimum Gasteiger partial charge on any atom is -0.457 e. The summed E-state index contributed by atoms with van der Waals surface area (Å²) >= 11 is 11.8. The van der Waals surface area contributed by atoms with Crippen LogP contribution in [0.3, 0.4) is 0 Å². The van der Waals surface area contributed by atoms with Gasteiger partial charge in [0.25, 0.3) is 0 Å². The molecule has 0 bridgehead atoms. The summed E-state index contributed by atoms with van der Waals surface area (Å²) in [6.07, 6.45) is 0. The van der Waals surface area contributed by atoms with E-state index in [1.165, 1.54) is 0 Å². The molecule has 0 spiro atoms. The van der Waals surface area contributed by atoms with E-state index in [1.54, 1.807) is 24.3 Å². The van der Waals surface area contributed by atoms with E-state index in [9.17, 15) is 5.26 Å². The van der Waals surface area contributed by atoms with E-state index in [0.717, 1.165) is 5.75 Å². The molecule has 0 saturated carbocycles. The SMILES string of the molecule is N#Cc1c(Cl)nc(Cl)nc1-c1ccc(Oc2ccccc2)cc1. The van der Waals surface area contributed by atoms with Crippen LogP contribution in [0.15, 0.2) is 54.6 Å². The minimum absolute atomic E-state index is 0.00591. The molecule has 4 nitrogen and oxygen atoms in total. The van der Waals surface area contributed by atoms with E-state index in [-0.39, 0.29) is 16.0 Å². The molecular weight excluding hydrogens is 333 g/mol. The lowest BCUT2D eigenvalue weighted by atomic mass is 10.1. The maximum Gasteiger partial charge on any atom is 0.224 e. The van der Waals surface area contributed by atoms with E-state index in [4.69, 9.17) is 27.9 Å². The number of para-hydroxylation sites is 1. The van der Waals surface area contributed by atoms with E-state index < -0.39 is 0 Å². The first kappa shape index (κ1) is 15.3. The van der Waals surface area contributed by atoms with Gasteiger partial charge in [-0.15, -0.1) is 0 Å². The second-order valence-corrected chi connectivity index (χ2v) is 5.25. The first-order chi connectivity index (χ1) is 11.2. The fourth-order valence-electron chi connectivity index (χ4n) is 2.02. The van der Waals surface area contributed by atoms with E-state index in [2.05, 4.69) is 9.97 Å². The Hall–Kier alpha value is -2.61. The molecule has 0 fully saturated rings. The second kappa shape index (κ2) is 6.66. The van der Waals surface area contributed by atoms with Gasteiger partial charge in [-0.25, -0.2) is 9.97 Å². The van der Waals surface area contributed by atoms with E-state index in [0.29, 0.717) is 17.0 Å². The first-order valence-electron chi connectivity index (χ1n) is 6.64. The zero-order valence-corrected chi connectivity index (χ0v) is 13.2. The molecule has 0 N–H and O–H groups in total. The molecule has 0 radical (unpaired) electrons. The van der Waals surface area contributed by atoms with Crippen LogP contribution in [0.5, 0.6) is 11.5 Å². The number of rotatable bonds is 3. The molecule has 3 aromatic rings. The Balaban J connectivity index is 1.93. The van der Waals surface area contributed by atoms with Gasteiger partial charge in [0.1, 0.15) is 23.1 Å². The van der Waals surface area contributed by atoms with Crippen molar-refractivity contribution in [3.05, 3.63) is 70.6 Å². The van der Waals surface area contributed by atoms with Crippen molar-refractivity contribution in [3.63, 3.8) is 0 Å². The van der Waals surface area contributed by atoms with Crippen molar-refractivity contribution in [1.82, 2.24) is 9.97 Å². The molecule has 0 atom stereocenters. The molecule has 0 unspecified atom stereocenters. The monoisotopic (exact) mass is 341 g/mol. The van der Waals surface area contributed by atoms with Crippen LogP contribution >= 0.6 is 23.2 Å². The number of ether oxygens (including phenoxy) is 1. The Morgan fingerprint density at radius 3 is 2.17 bits per heavy atom. The van der Waals surface area contributed by atoms with Crippen molar-refractivity contribution in [1.29, 1.82) is 5.26 Å². The molecule has 0 amide bonds. The number of hydrogen-bond acceptors (Lipinski definition) is 4. The van der Waals surface area contributed by atoms with Gasteiger partial charge in [0.2, 0.25) is 5.28 Å². The van der Waals surface area contributed by atoms with Crippen LogP contribution in [0.2, 0.25) is 10.4 Å². The Morgan fingerprint density at radius 2 is 1.52 bits per heavy atom. The number of benzene rings is 2. The Morgan fingerprint density at radius 1 is 0.870 bits per heavy atom. The van der Waals surface area contributed by atoms with Gasteiger partial charge in [0, 0.05) is 5.56 Å². The highest BCUT2D eigenvalue weighted by molar-refractivity contribution is 6.33. The predicted molar refractivity (Wildman–Crippen MR) is 88.7 cm³/mol. The molecular formula is C17H9Cl2N3O. The average molecular weight is 342 g/mol. The van der Waals surface area contributed by atoms with Crippen LogP contribution in [-0.2, 0) is 0 Å². The van der Waals surface area contributed by atoms with Crippen LogP contribution < -0.4 is 4.74 Å². The summed E-state index contributed by atoms with van der Waals surface area (Å²) in [5.74, 6) is 1.41. The fraction of sp³-hybridized carbons (Fsp3) is 0. The fourth-order valence-corrected chi connectivity index (χ4v) is 2.45. The average Bonchev–Trinajstić information content (AvgIpc) is 2.56. The van der Waals surface area contributed by atoms with Crippen LogP contribution in [0, 0.1) is 11.3 Å². The maximum absolute atomic E-state index is 9.22. The molecule has 1 aromatic heterocycles. The van der Waals surface area contributed by atoms with Crippen molar-refractivity contribution in [2.45, 2.75) is 0 Å². The standard InChI is InChI=1S/C17H9Cl2N3O/c18-16-14(10-20)15(21-17(19)22-16)11-6-8-13(9-7-11)23-12-4-2-1-3-5-12/h1-9H. The number of hydrogen-bond donors (Lipinski definition) is 0.